The molecule has 5 heteroatoms. The first-order valence-electron chi connectivity index (χ1n) is 7.01. The number of hydrogen-bond donors (Lipinski definition) is 1. The number of fused-ring (bicyclic) bond motifs is 1. The predicted molar refractivity (Wildman–Crippen MR) is 86.8 cm³/mol. The number of aryl methyl sites for hydroxylation is 2. The van der Waals surface area contributed by atoms with E-state index in [4.69, 9.17) is 11.6 Å². The van der Waals surface area contributed by atoms with E-state index in [0.717, 1.165) is 29.5 Å². The molecular formula is C16H19ClN4. The predicted octanol–water partition coefficient (Wildman–Crippen LogP) is 3.10. The van der Waals surface area contributed by atoms with Crippen molar-refractivity contribution >= 4 is 22.5 Å². The van der Waals surface area contributed by atoms with E-state index < -0.39 is 0 Å². The Balaban J connectivity index is 2.04. The molecule has 1 aromatic carbocycles. The molecule has 0 radical (unpaired) electrons. The molecule has 1 N–H and O–H groups in total. The fourth-order valence-corrected chi connectivity index (χ4v) is 3.00. The van der Waals surface area contributed by atoms with Crippen LogP contribution in [-0.2, 0) is 20.1 Å². The van der Waals surface area contributed by atoms with Crippen LogP contribution in [0.1, 0.15) is 17.0 Å². The fourth-order valence-electron chi connectivity index (χ4n) is 2.78. The molecule has 0 unspecified atom stereocenters. The Hall–Kier alpha value is -1.78. The molecule has 3 aromatic rings. The van der Waals surface area contributed by atoms with E-state index >= 15 is 0 Å². The lowest BCUT2D eigenvalue weighted by Gasteiger charge is -2.08. The molecule has 0 aliphatic heterocycles. The highest BCUT2D eigenvalue weighted by molar-refractivity contribution is 6.31. The maximum Gasteiger partial charge on any atom is 0.0865 e. The first-order valence-corrected chi connectivity index (χ1v) is 7.39. The van der Waals surface area contributed by atoms with Gasteiger partial charge >= 0.3 is 0 Å². The summed E-state index contributed by atoms with van der Waals surface area (Å²) in [5.74, 6) is 0. The Morgan fingerprint density at radius 1 is 1.29 bits per heavy atom. The molecule has 2 heterocycles. The summed E-state index contributed by atoms with van der Waals surface area (Å²) in [6.45, 7) is 3.53. The number of nitrogens with one attached hydrogen (secondary N) is 1. The third-order valence-corrected chi connectivity index (χ3v) is 4.34. The van der Waals surface area contributed by atoms with Gasteiger partial charge in [0.1, 0.15) is 0 Å². The van der Waals surface area contributed by atoms with Crippen LogP contribution in [0, 0.1) is 6.92 Å². The van der Waals surface area contributed by atoms with Crippen molar-refractivity contribution in [3.63, 3.8) is 0 Å². The van der Waals surface area contributed by atoms with Gasteiger partial charge in [0, 0.05) is 30.7 Å². The molecular weight excluding hydrogens is 284 g/mol. The molecule has 0 amide bonds. The number of benzene rings is 1. The second-order valence-corrected chi connectivity index (χ2v) is 5.67. The van der Waals surface area contributed by atoms with Gasteiger partial charge in [0.25, 0.3) is 0 Å². The van der Waals surface area contributed by atoms with Crippen LogP contribution in [-0.4, -0.2) is 21.4 Å². The molecule has 0 fully saturated rings. The van der Waals surface area contributed by atoms with Gasteiger partial charge in [0.15, 0.2) is 0 Å². The lowest BCUT2D eigenvalue weighted by atomic mass is 10.1. The largest absolute Gasteiger partial charge is 0.341 e. The minimum absolute atomic E-state index is 0.725. The number of aromatic nitrogens is 3. The smallest absolute Gasteiger partial charge is 0.0865 e. The Morgan fingerprint density at radius 2 is 2.10 bits per heavy atom. The van der Waals surface area contributed by atoms with E-state index in [-0.39, 0.29) is 0 Å². The zero-order chi connectivity index (χ0) is 15.0. The minimum Gasteiger partial charge on any atom is -0.341 e. The molecule has 110 valence electrons. The highest BCUT2D eigenvalue weighted by Gasteiger charge is 2.13. The summed E-state index contributed by atoms with van der Waals surface area (Å²) in [5, 5.41) is 9.63. The fraction of sp³-hybridized carbons (Fsp3) is 0.312. The van der Waals surface area contributed by atoms with E-state index in [1.54, 1.807) is 0 Å². The summed E-state index contributed by atoms with van der Waals surface area (Å²) in [4.78, 5) is 0. The molecule has 0 saturated heterocycles. The van der Waals surface area contributed by atoms with Crippen LogP contribution < -0.4 is 5.32 Å². The second kappa shape index (κ2) is 5.54. The molecule has 21 heavy (non-hydrogen) atoms. The van der Waals surface area contributed by atoms with Crippen molar-refractivity contribution in [3.8, 4) is 0 Å². The van der Waals surface area contributed by atoms with Crippen LogP contribution in [0.2, 0.25) is 5.02 Å². The molecule has 0 bridgehead atoms. The second-order valence-electron chi connectivity index (χ2n) is 5.29. The Morgan fingerprint density at radius 3 is 2.76 bits per heavy atom. The van der Waals surface area contributed by atoms with Gasteiger partial charge in [-0.15, -0.1) is 0 Å². The SMILES string of the molecule is CNCc1cccc2c1ccn2Cc1c(Cl)c(C)nn1C. The van der Waals surface area contributed by atoms with Gasteiger partial charge in [-0.25, -0.2) is 0 Å². The Bertz CT molecular complexity index is 785. The average molecular weight is 303 g/mol. The van der Waals surface area contributed by atoms with Crippen molar-refractivity contribution in [2.45, 2.75) is 20.0 Å². The van der Waals surface area contributed by atoms with Gasteiger partial charge in [0.05, 0.1) is 23.0 Å². The summed E-state index contributed by atoms with van der Waals surface area (Å²) < 4.78 is 4.08. The van der Waals surface area contributed by atoms with Crippen molar-refractivity contribution in [1.82, 2.24) is 19.7 Å². The molecule has 0 atom stereocenters. The van der Waals surface area contributed by atoms with E-state index in [1.807, 2.05) is 25.7 Å². The van der Waals surface area contributed by atoms with Crippen LogP contribution in [0.15, 0.2) is 30.5 Å². The zero-order valence-corrected chi connectivity index (χ0v) is 13.3. The normalized spacial score (nSPS) is 11.4. The van der Waals surface area contributed by atoms with E-state index in [2.05, 4.69) is 45.4 Å². The van der Waals surface area contributed by atoms with Crippen LogP contribution >= 0.6 is 11.6 Å². The molecule has 4 nitrogen and oxygen atoms in total. The molecule has 0 aliphatic carbocycles. The van der Waals surface area contributed by atoms with Crippen molar-refractivity contribution in [1.29, 1.82) is 0 Å². The third-order valence-electron chi connectivity index (χ3n) is 3.85. The molecule has 0 spiro atoms. The van der Waals surface area contributed by atoms with Crippen molar-refractivity contribution in [3.05, 3.63) is 52.4 Å². The van der Waals surface area contributed by atoms with Crippen molar-refractivity contribution in [2.24, 2.45) is 7.05 Å². The lowest BCUT2D eigenvalue weighted by Crippen LogP contribution is -2.06. The maximum atomic E-state index is 6.36. The topological polar surface area (TPSA) is 34.8 Å². The van der Waals surface area contributed by atoms with Gasteiger partial charge in [-0.2, -0.15) is 5.10 Å². The maximum absolute atomic E-state index is 6.36. The van der Waals surface area contributed by atoms with Crippen LogP contribution in [0.4, 0.5) is 0 Å². The summed E-state index contributed by atoms with van der Waals surface area (Å²) in [7, 11) is 3.90. The zero-order valence-electron chi connectivity index (χ0n) is 12.5. The summed E-state index contributed by atoms with van der Waals surface area (Å²) >= 11 is 6.36. The number of hydrogen-bond acceptors (Lipinski definition) is 2. The summed E-state index contributed by atoms with van der Waals surface area (Å²) in [6, 6.07) is 8.57. The van der Waals surface area contributed by atoms with E-state index in [1.165, 1.54) is 16.5 Å². The van der Waals surface area contributed by atoms with Gasteiger partial charge in [-0.3, -0.25) is 4.68 Å². The van der Waals surface area contributed by atoms with Gasteiger partial charge < -0.3 is 9.88 Å². The van der Waals surface area contributed by atoms with E-state index in [0.29, 0.717) is 0 Å². The van der Waals surface area contributed by atoms with Crippen LogP contribution in [0.3, 0.4) is 0 Å². The van der Waals surface area contributed by atoms with Gasteiger partial charge in [-0.1, -0.05) is 23.7 Å². The number of halogens is 1. The highest BCUT2D eigenvalue weighted by atomic mass is 35.5. The quantitative estimate of drug-likeness (QED) is 0.803. The highest BCUT2D eigenvalue weighted by Crippen LogP contribution is 2.24. The number of nitrogens with zero attached hydrogens (tertiary/aromatic N) is 3. The first kappa shape index (κ1) is 14.2. The monoisotopic (exact) mass is 302 g/mol. The minimum atomic E-state index is 0.725. The third kappa shape index (κ3) is 2.45. The molecule has 2 aromatic heterocycles. The van der Waals surface area contributed by atoms with E-state index in [9.17, 15) is 0 Å². The van der Waals surface area contributed by atoms with Crippen molar-refractivity contribution < 1.29 is 0 Å². The summed E-state index contributed by atoms with van der Waals surface area (Å²) in [6.07, 6.45) is 2.11. The standard InChI is InChI=1S/C16H19ClN4/c1-11-16(17)15(20(3)19-11)10-21-8-7-13-12(9-18-2)5-4-6-14(13)21/h4-8,18H,9-10H2,1-3H3. The molecule has 0 saturated carbocycles. The lowest BCUT2D eigenvalue weighted by molar-refractivity contribution is 0.673. The van der Waals surface area contributed by atoms with Gasteiger partial charge in [0.2, 0.25) is 0 Å². The molecule has 3 rings (SSSR count). The van der Waals surface area contributed by atoms with Crippen molar-refractivity contribution in [2.75, 3.05) is 7.05 Å². The average Bonchev–Trinajstić information content (AvgIpc) is 2.97. The first-order chi connectivity index (χ1) is 10.1. The summed E-state index contributed by atoms with van der Waals surface area (Å²) in [5.41, 5.74) is 4.44. The van der Waals surface area contributed by atoms with Crippen LogP contribution in [0.5, 0.6) is 0 Å². The van der Waals surface area contributed by atoms with Crippen LogP contribution in [0.25, 0.3) is 10.9 Å². The number of rotatable bonds is 4. The Kier molecular flexibility index (Phi) is 3.74. The Labute approximate surface area is 129 Å². The molecule has 0 aliphatic rings. The van der Waals surface area contributed by atoms with Gasteiger partial charge in [-0.05, 0) is 31.7 Å².